The van der Waals surface area contributed by atoms with Crippen molar-refractivity contribution in [2.24, 2.45) is 0 Å². The zero-order valence-electron chi connectivity index (χ0n) is 3.56. The van der Waals surface area contributed by atoms with Gasteiger partial charge in [0.1, 0.15) is 0 Å². The average molecular weight is 86.1 g/mol. The Morgan fingerprint density at radius 1 is 2.00 bits per heavy atom. The van der Waals surface area contributed by atoms with E-state index < -0.39 is 0 Å². The molecule has 0 atom stereocenters. The van der Waals surface area contributed by atoms with E-state index in [2.05, 4.69) is 17.2 Å². The van der Waals surface area contributed by atoms with E-state index >= 15 is 0 Å². The summed E-state index contributed by atoms with van der Waals surface area (Å²) in [7, 11) is 0. The van der Waals surface area contributed by atoms with Crippen LogP contribution in [0.25, 0.3) is 0 Å². The van der Waals surface area contributed by atoms with Gasteiger partial charge in [-0.3, -0.25) is 0 Å². The minimum Gasteiger partial charge on any atom is -0.337 e. The summed E-state index contributed by atoms with van der Waals surface area (Å²) >= 11 is 0. The molecule has 0 saturated heterocycles. The highest BCUT2D eigenvalue weighted by atomic mass is 17.1. The van der Waals surface area contributed by atoms with E-state index in [-0.39, 0.29) is 5.76 Å². The molecule has 0 aromatic carbocycles. The summed E-state index contributed by atoms with van der Waals surface area (Å²) in [5.74, 6) is 0.287. The molecule has 6 heavy (non-hydrogen) atoms. The summed E-state index contributed by atoms with van der Waals surface area (Å²) in [5.41, 5.74) is 2.31. The van der Waals surface area contributed by atoms with Gasteiger partial charge in [-0.05, 0) is 0 Å². The van der Waals surface area contributed by atoms with Gasteiger partial charge in [-0.25, -0.2) is 5.26 Å². The van der Waals surface area contributed by atoms with Gasteiger partial charge in [0.2, 0.25) is 0 Å². The molecule has 0 aliphatic carbocycles. The summed E-state index contributed by atoms with van der Waals surface area (Å²) in [5, 5.41) is 7.70. The van der Waals surface area contributed by atoms with Crippen molar-refractivity contribution >= 4 is 0 Å². The molecule has 0 spiro atoms. The maximum atomic E-state index is 7.70. The smallest absolute Gasteiger partial charge is 0.180 e. The summed E-state index contributed by atoms with van der Waals surface area (Å²) in [6.45, 7) is 4.73. The Bertz CT molecular complexity index is 79.5. The van der Waals surface area contributed by atoms with Crippen LogP contribution in [0, 0.1) is 0 Å². The molecule has 0 unspecified atom stereocenters. The monoisotopic (exact) mass is 86.0 g/mol. The van der Waals surface area contributed by atoms with E-state index in [0.29, 0.717) is 0 Å². The van der Waals surface area contributed by atoms with Gasteiger partial charge in [-0.15, -0.1) is 0 Å². The van der Waals surface area contributed by atoms with Gasteiger partial charge in [-0.1, -0.05) is 12.3 Å². The van der Waals surface area contributed by atoms with E-state index in [1.807, 2.05) is 0 Å². The minimum atomic E-state index is 0.287. The topological polar surface area (TPSA) is 29.5 Å². The Labute approximate surface area is 36.3 Å². The lowest BCUT2D eigenvalue weighted by Gasteiger charge is -1.83. The second-order valence-corrected chi connectivity index (χ2v) is 0.824. The third-order valence-corrected chi connectivity index (χ3v) is 0.386. The van der Waals surface area contributed by atoms with Gasteiger partial charge in [0, 0.05) is 6.92 Å². The summed E-state index contributed by atoms with van der Waals surface area (Å²) in [6, 6.07) is 0. The molecule has 0 radical (unpaired) electrons. The predicted molar refractivity (Wildman–Crippen MR) is 22.0 cm³/mol. The summed E-state index contributed by atoms with van der Waals surface area (Å²) in [4.78, 5) is 3.64. The van der Waals surface area contributed by atoms with Crippen molar-refractivity contribution in [2.45, 2.75) is 6.92 Å². The number of allylic oxidation sites excluding steroid dienone is 1. The lowest BCUT2D eigenvalue weighted by Crippen LogP contribution is -1.73. The van der Waals surface area contributed by atoms with Gasteiger partial charge < -0.3 is 4.89 Å². The SMILES string of the molecule is C=C=C(C)OO. The molecule has 0 fully saturated rings. The van der Waals surface area contributed by atoms with Gasteiger partial charge in [0.15, 0.2) is 5.76 Å². The summed E-state index contributed by atoms with van der Waals surface area (Å²) < 4.78 is 0. The minimum absolute atomic E-state index is 0.287. The van der Waals surface area contributed by atoms with E-state index in [9.17, 15) is 0 Å². The van der Waals surface area contributed by atoms with Crippen LogP contribution in [-0.4, -0.2) is 5.26 Å². The van der Waals surface area contributed by atoms with E-state index in [0.717, 1.165) is 0 Å². The van der Waals surface area contributed by atoms with E-state index in [1.54, 1.807) is 6.92 Å². The molecule has 0 bridgehead atoms. The largest absolute Gasteiger partial charge is 0.337 e. The molecule has 2 heteroatoms. The van der Waals surface area contributed by atoms with Crippen molar-refractivity contribution in [1.29, 1.82) is 0 Å². The van der Waals surface area contributed by atoms with Gasteiger partial charge in [0.25, 0.3) is 0 Å². The van der Waals surface area contributed by atoms with Crippen LogP contribution in [0.5, 0.6) is 0 Å². The summed E-state index contributed by atoms with van der Waals surface area (Å²) in [6.07, 6.45) is 0. The van der Waals surface area contributed by atoms with Gasteiger partial charge in [-0.2, -0.15) is 0 Å². The van der Waals surface area contributed by atoms with Gasteiger partial charge in [0.05, 0.1) is 0 Å². The molecule has 0 rings (SSSR count). The van der Waals surface area contributed by atoms with Crippen molar-refractivity contribution in [3.63, 3.8) is 0 Å². The van der Waals surface area contributed by atoms with Crippen molar-refractivity contribution in [3.8, 4) is 0 Å². The normalized spacial score (nSPS) is 6.33. The zero-order chi connectivity index (χ0) is 4.99. The number of hydrogen-bond acceptors (Lipinski definition) is 2. The highest BCUT2D eigenvalue weighted by molar-refractivity contribution is 4.80. The van der Waals surface area contributed by atoms with Crippen LogP contribution in [0.3, 0.4) is 0 Å². The maximum absolute atomic E-state index is 7.70. The molecule has 0 aromatic heterocycles. The second-order valence-electron chi connectivity index (χ2n) is 0.824. The Balaban J connectivity index is 3.52. The third kappa shape index (κ3) is 1.58. The molecule has 0 aliphatic heterocycles. The number of rotatable bonds is 1. The van der Waals surface area contributed by atoms with Crippen LogP contribution in [0.1, 0.15) is 6.92 Å². The second kappa shape index (κ2) is 2.51. The predicted octanol–water partition coefficient (Wildman–Crippen LogP) is 1.16. The third-order valence-electron chi connectivity index (χ3n) is 0.386. The first-order valence-electron chi connectivity index (χ1n) is 1.49. The number of hydrogen-bond donors (Lipinski definition) is 1. The fourth-order valence-corrected chi connectivity index (χ4v) is 0.0323. The molecular formula is C4H6O2. The Morgan fingerprint density at radius 3 is 2.50 bits per heavy atom. The Morgan fingerprint density at radius 2 is 2.50 bits per heavy atom. The van der Waals surface area contributed by atoms with E-state index in [4.69, 9.17) is 5.26 Å². The van der Waals surface area contributed by atoms with Crippen LogP contribution < -0.4 is 0 Å². The fourth-order valence-electron chi connectivity index (χ4n) is 0.0323. The fraction of sp³-hybridized carbons (Fsp3) is 0.250. The first-order valence-corrected chi connectivity index (χ1v) is 1.49. The molecule has 0 heterocycles. The molecule has 1 N–H and O–H groups in total. The van der Waals surface area contributed by atoms with Crippen LogP contribution in [-0.2, 0) is 4.89 Å². The first kappa shape index (κ1) is 5.28. The Hall–Kier alpha value is -0.720. The highest BCUT2D eigenvalue weighted by Gasteiger charge is 1.73. The van der Waals surface area contributed by atoms with Crippen LogP contribution >= 0.6 is 0 Å². The first-order chi connectivity index (χ1) is 2.81. The van der Waals surface area contributed by atoms with Crippen LogP contribution in [0.4, 0.5) is 0 Å². The lowest BCUT2D eigenvalue weighted by molar-refractivity contribution is -0.202. The van der Waals surface area contributed by atoms with Crippen LogP contribution in [0.2, 0.25) is 0 Å². The maximum Gasteiger partial charge on any atom is 0.180 e. The van der Waals surface area contributed by atoms with Gasteiger partial charge >= 0.3 is 0 Å². The van der Waals surface area contributed by atoms with Crippen LogP contribution in [0.15, 0.2) is 18.1 Å². The van der Waals surface area contributed by atoms with Crippen molar-refractivity contribution in [3.05, 3.63) is 18.1 Å². The van der Waals surface area contributed by atoms with Crippen molar-refractivity contribution < 1.29 is 10.1 Å². The molecule has 0 aliphatic rings. The van der Waals surface area contributed by atoms with E-state index in [1.165, 1.54) is 0 Å². The zero-order valence-corrected chi connectivity index (χ0v) is 3.56. The van der Waals surface area contributed by atoms with Crippen molar-refractivity contribution in [2.75, 3.05) is 0 Å². The molecular weight excluding hydrogens is 80.0 g/mol. The average Bonchev–Trinajstić information content (AvgIpc) is 1.65. The van der Waals surface area contributed by atoms with Crippen molar-refractivity contribution in [1.82, 2.24) is 0 Å². The standard InChI is InChI=1S/C4H6O2/c1-3-4(2)6-5/h5H,1H2,2H3. The lowest BCUT2D eigenvalue weighted by atomic mass is 10.6. The molecule has 0 saturated carbocycles. The Kier molecular flexibility index (Phi) is 2.21. The molecule has 2 nitrogen and oxygen atoms in total. The highest BCUT2D eigenvalue weighted by Crippen LogP contribution is 1.82. The molecule has 34 valence electrons. The molecule has 0 aromatic rings. The quantitative estimate of drug-likeness (QED) is 0.224. The molecule has 0 amide bonds.